The zero-order valence-electron chi connectivity index (χ0n) is 12.7. The molecule has 5 heteroatoms. The number of rotatable bonds is 3. The Bertz CT molecular complexity index is 689. The molecule has 1 aliphatic carbocycles. The van der Waals surface area contributed by atoms with Crippen LogP contribution in [0.25, 0.3) is 11.4 Å². The van der Waals surface area contributed by atoms with Crippen molar-refractivity contribution in [3.8, 4) is 11.4 Å². The fourth-order valence-corrected chi connectivity index (χ4v) is 2.72. The molecule has 1 aromatic heterocycles. The fourth-order valence-electron chi connectivity index (χ4n) is 2.72. The highest BCUT2D eigenvalue weighted by atomic mass is 16.1. The van der Waals surface area contributed by atoms with Crippen molar-refractivity contribution in [2.75, 3.05) is 5.32 Å². The normalized spacial score (nSPS) is 15.0. The summed E-state index contributed by atoms with van der Waals surface area (Å²) in [5.74, 6) is 0.653. The Morgan fingerprint density at radius 2 is 2.18 bits per heavy atom. The average Bonchev–Trinajstić information content (AvgIpc) is 2.91. The largest absolute Gasteiger partial charge is 0.322 e. The predicted molar refractivity (Wildman–Crippen MR) is 86.4 cm³/mol. The number of nitrogens with one attached hydrogen (secondary N) is 2. The number of benzene rings is 1. The summed E-state index contributed by atoms with van der Waals surface area (Å²) < 4.78 is 0. The first kappa shape index (κ1) is 14.5. The molecule has 1 aliphatic rings. The maximum atomic E-state index is 12.5. The number of aryl methyl sites for hydroxylation is 1. The summed E-state index contributed by atoms with van der Waals surface area (Å²) in [7, 11) is 0. The van der Waals surface area contributed by atoms with E-state index in [0.29, 0.717) is 5.82 Å². The third kappa shape index (κ3) is 3.24. The smallest absolute Gasteiger partial charge is 0.251 e. The molecule has 0 bridgehead atoms. The number of anilines is 1. The Morgan fingerprint density at radius 1 is 1.27 bits per heavy atom. The number of H-pyrrole nitrogens is 1. The van der Waals surface area contributed by atoms with E-state index in [-0.39, 0.29) is 5.91 Å². The van der Waals surface area contributed by atoms with E-state index in [1.165, 1.54) is 19.2 Å². The van der Waals surface area contributed by atoms with Gasteiger partial charge in [0.1, 0.15) is 6.33 Å². The van der Waals surface area contributed by atoms with Crippen LogP contribution in [-0.4, -0.2) is 21.1 Å². The Labute approximate surface area is 129 Å². The molecule has 5 nitrogen and oxygen atoms in total. The maximum absolute atomic E-state index is 12.5. The SMILES string of the molecule is Cc1ccc(NC(=O)C2=CCCCCC2)c(-c2ncn[nH]2)c1. The third-order valence-electron chi connectivity index (χ3n) is 3.93. The molecule has 0 aliphatic heterocycles. The molecule has 1 aromatic carbocycles. The predicted octanol–water partition coefficient (Wildman–Crippen LogP) is 3.61. The van der Waals surface area contributed by atoms with Gasteiger partial charge in [-0.2, -0.15) is 5.10 Å². The topological polar surface area (TPSA) is 70.7 Å². The van der Waals surface area contributed by atoms with Crippen molar-refractivity contribution in [2.45, 2.75) is 39.0 Å². The van der Waals surface area contributed by atoms with Gasteiger partial charge in [-0.1, -0.05) is 24.1 Å². The Balaban J connectivity index is 1.86. The number of nitrogens with zero attached hydrogens (tertiary/aromatic N) is 2. The van der Waals surface area contributed by atoms with Crippen LogP contribution >= 0.6 is 0 Å². The molecule has 0 saturated carbocycles. The van der Waals surface area contributed by atoms with Gasteiger partial charge >= 0.3 is 0 Å². The molecule has 0 unspecified atom stereocenters. The second-order valence-electron chi connectivity index (χ2n) is 5.67. The molecule has 2 aromatic rings. The molecule has 22 heavy (non-hydrogen) atoms. The second kappa shape index (κ2) is 6.56. The molecule has 114 valence electrons. The lowest BCUT2D eigenvalue weighted by Gasteiger charge is -2.12. The van der Waals surface area contributed by atoms with Gasteiger partial charge in [0, 0.05) is 11.1 Å². The van der Waals surface area contributed by atoms with Crippen LogP contribution in [0.2, 0.25) is 0 Å². The zero-order valence-corrected chi connectivity index (χ0v) is 12.7. The molecule has 0 spiro atoms. The van der Waals surface area contributed by atoms with Gasteiger partial charge in [-0.15, -0.1) is 0 Å². The molecule has 1 amide bonds. The number of hydrogen-bond donors (Lipinski definition) is 2. The molecule has 0 radical (unpaired) electrons. The Kier molecular flexibility index (Phi) is 4.32. The van der Waals surface area contributed by atoms with Crippen LogP contribution in [0.3, 0.4) is 0 Å². The molecule has 0 atom stereocenters. The van der Waals surface area contributed by atoms with Crippen molar-refractivity contribution in [3.63, 3.8) is 0 Å². The number of aromatic nitrogens is 3. The zero-order chi connectivity index (χ0) is 15.4. The fraction of sp³-hybridized carbons (Fsp3) is 0.353. The quantitative estimate of drug-likeness (QED) is 0.909. The number of carbonyl (C=O) groups is 1. The van der Waals surface area contributed by atoms with Crippen molar-refractivity contribution in [1.29, 1.82) is 0 Å². The van der Waals surface area contributed by atoms with Gasteiger partial charge < -0.3 is 5.32 Å². The lowest BCUT2D eigenvalue weighted by Crippen LogP contribution is -2.15. The maximum Gasteiger partial charge on any atom is 0.251 e. The minimum Gasteiger partial charge on any atom is -0.322 e. The highest BCUT2D eigenvalue weighted by molar-refractivity contribution is 6.05. The van der Waals surface area contributed by atoms with Crippen LogP contribution in [0.5, 0.6) is 0 Å². The molecule has 3 rings (SSSR count). The molecule has 0 saturated heterocycles. The van der Waals surface area contributed by atoms with Gasteiger partial charge in [-0.25, -0.2) is 4.98 Å². The van der Waals surface area contributed by atoms with Crippen molar-refractivity contribution in [1.82, 2.24) is 15.2 Å². The first-order chi connectivity index (χ1) is 10.7. The summed E-state index contributed by atoms with van der Waals surface area (Å²) in [6.45, 7) is 2.01. The lowest BCUT2D eigenvalue weighted by molar-refractivity contribution is -0.113. The van der Waals surface area contributed by atoms with Gasteiger partial charge in [0.25, 0.3) is 5.91 Å². The van der Waals surface area contributed by atoms with Gasteiger partial charge in [0.15, 0.2) is 5.82 Å². The number of allylic oxidation sites excluding steroid dienone is 1. The highest BCUT2D eigenvalue weighted by Gasteiger charge is 2.15. The van der Waals surface area contributed by atoms with E-state index in [0.717, 1.165) is 41.6 Å². The minimum atomic E-state index is -0.00785. The molecule has 0 fully saturated rings. The summed E-state index contributed by atoms with van der Waals surface area (Å²) in [6, 6.07) is 5.90. The van der Waals surface area contributed by atoms with Crippen molar-refractivity contribution in [2.24, 2.45) is 0 Å². The number of hydrogen-bond acceptors (Lipinski definition) is 3. The van der Waals surface area contributed by atoms with E-state index in [4.69, 9.17) is 0 Å². The summed E-state index contributed by atoms with van der Waals surface area (Å²) >= 11 is 0. The van der Waals surface area contributed by atoms with Crippen molar-refractivity contribution in [3.05, 3.63) is 41.7 Å². The standard InChI is InChI=1S/C17H20N4O/c1-12-8-9-15(14(10-12)16-18-11-19-21-16)20-17(22)13-6-4-2-3-5-7-13/h6,8-11H,2-5,7H2,1H3,(H,20,22)(H,18,19,21). The molecular weight excluding hydrogens is 276 g/mol. The van der Waals surface area contributed by atoms with Crippen LogP contribution in [0.4, 0.5) is 5.69 Å². The average molecular weight is 296 g/mol. The van der Waals surface area contributed by atoms with Gasteiger partial charge in [0.05, 0.1) is 5.69 Å². The summed E-state index contributed by atoms with van der Waals surface area (Å²) in [4.78, 5) is 16.7. The van der Waals surface area contributed by atoms with Gasteiger partial charge in [-0.05, 0) is 44.7 Å². The lowest BCUT2D eigenvalue weighted by atomic mass is 10.1. The van der Waals surface area contributed by atoms with Gasteiger partial charge in [-0.3, -0.25) is 9.89 Å². The number of aromatic amines is 1. The second-order valence-corrected chi connectivity index (χ2v) is 5.67. The third-order valence-corrected chi connectivity index (χ3v) is 3.93. The Morgan fingerprint density at radius 3 is 3.00 bits per heavy atom. The molecule has 1 heterocycles. The van der Waals surface area contributed by atoms with E-state index in [9.17, 15) is 4.79 Å². The van der Waals surface area contributed by atoms with Crippen molar-refractivity contribution >= 4 is 11.6 Å². The number of carbonyl (C=O) groups excluding carboxylic acids is 1. The first-order valence-corrected chi connectivity index (χ1v) is 7.71. The van der Waals surface area contributed by atoms with E-state index in [1.54, 1.807) is 0 Å². The van der Waals surface area contributed by atoms with E-state index < -0.39 is 0 Å². The van der Waals surface area contributed by atoms with Gasteiger partial charge in [0.2, 0.25) is 0 Å². The highest BCUT2D eigenvalue weighted by Crippen LogP contribution is 2.27. The van der Waals surface area contributed by atoms with Crippen LogP contribution in [0, 0.1) is 6.92 Å². The molecule has 2 N–H and O–H groups in total. The minimum absolute atomic E-state index is 0.00785. The van der Waals surface area contributed by atoms with E-state index in [2.05, 4.69) is 26.6 Å². The van der Waals surface area contributed by atoms with Crippen LogP contribution in [0.1, 0.15) is 37.7 Å². The van der Waals surface area contributed by atoms with Crippen LogP contribution in [0.15, 0.2) is 36.2 Å². The summed E-state index contributed by atoms with van der Waals surface area (Å²) in [5, 5.41) is 9.78. The Hall–Kier alpha value is -2.43. The first-order valence-electron chi connectivity index (χ1n) is 7.71. The monoisotopic (exact) mass is 296 g/mol. The van der Waals surface area contributed by atoms with E-state index in [1.807, 2.05) is 25.1 Å². The summed E-state index contributed by atoms with van der Waals surface area (Å²) in [6.07, 6.45) is 8.84. The van der Waals surface area contributed by atoms with Crippen LogP contribution < -0.4 is 5.32 Å². The van der Waals surface area contributed by atoms with E-state index >= 15 is 0 Å². The van der Waals surface area contributed by atoms with Crippen molar-refractivity contribution < 1.29 is 4.79 Å². The number of amides is 1. The molecular formula is C17H20N4O. The summed E-state index contributed by atoms with van der Waals surface area (Å²) in [5.41, 5.74) is 3.62. The van der Waals surface area contributed by atoms with Crippen LogP contribution in [-0.2, 0) is 4.79 Å².